The molecule has 1 fully saturated rings. The van der Waals surface area contributed by atoms with Crippen molar-refractivity contribution in [3.05, 3.63) is 41.9 Å². The van der Waals surface area contributed by atoms with Crippen LogP contribution in [0, 0.1) is 5.92 Å². The van der Waals surface area contributed by atoms with E-state index in [-0.39, 0.29) is 40.5 Å². The molecule has 3 amide bonds. The highest BCUT2D eigenvalue weighted by Gasteiger charge is 2.45. The van der Waals surface area contributed by atoms with Gasteiger partial charge in [-0.25, -0.2) is 9.59 Å². The van der Waals surface area contributed by atoms with Gasteiger partial charge in [-0.15, -0.1) is 0 Å². The van der Waals surface area contributed by atoms with Gasteiger partial charge in [-0.1, -0.05) is 0 Å². The molecule has 4 heterocycles. The lowest BCUT2D eigenvalue weighted by Gasteiger charge is -2.40. The number of amides is 3. The number of furan rings is 1. The molecule has 3 aromatic heterocycles. The number of pyridine rings is 2. The molecular weight excluding hydrogens is 601 g/mol. The third-order valence-electron chi connectivity index (χ3n) is 6.87. The SMILES string of the molecule is COCCCc1cnc2c(C(=O)Nc3cnccc3N3C[C@@H](NC(=O)O)C[C@@H](C(F)(F)F)C3)c(NC(=O)OC(C)(C)C)oc2c1. The highest BCUT2D eigenvalue weighted by molar-refractivity contribution is 6.16. The summed E-state index contributed by atoms with van der Waals surface area (Å²) in [5.41, 5.74) is 0.366. The summed E-state index contributed by atoms with van der Waals surface area (Å²) in [5, 5.41) is 16.4. The van der Waals surface area contributed by atoms with Crippen LogP contribution in [0.15, 0.2) is 35.1 Å². The maximum Gasteiger partial charge on any atom is 0.414 e. The highest BCUT2D eigenvalue weighted by Crippen LogP contribution is 2.38. The molecule has 4 rings (SSSR count). The van der Waals surface area contributed by atoms with Crippen molar-refractivity contribution in [3.63, 3.8) is 0 Å². The normalized spacial score (nSPS) is 17.2. The molecule has 1 saturated heterocycles. The van der Waals surface area contributed by atoms with Crippen molar-refractivity contribution in [2.75, 3.05) is 42.3 Å². The molecule has 3 aromatic rings. The van der Waals surface area contributed by atoms with Crippen molar-refractivity contribution in [2.45, 2.75) is 57.9 Å². The van der Waals surface area contributed by atoms with E-state index in [2.05, 4.69) is 25.9 Å². The number of methoxy groups -OCH3 is 1. The number of carbonyl (C=O) groups is 3. The van der Waals surface area contributed by atoms with E-state index in [1.165, 1.54) is 23.4 Å². The van der Waals surface area contributed by atoms with Gasteiger partial charge >= 0.3 is 18.4 Å². The Hall–Kier alpha value is -4.60. The molecule has 0 spiro atoms. The summed E-state index contributed by atoms with van der Waals surface area (Å²) in [6.45, 7) is 4.96. The number of rotatable bonds is 9. The summed E-state index contributed by atoms with van der Waals surface area (Å²) in [4.78, 5) is 47.5. The summed E-state index contributed by atoms with van der Waals surface area (Å²) in [5.74, 6) is -2.87. The monoisotopic (exact) mass is 636 g/mol. The molecule has 0 aromatic carbocycles. The Bertz CT molecular complexity index is 1540. The number of carbonyl (C=O) groups excluding carboxylic acids is 2. The minimum atomic E-state index is -4.58. The maximum atomic E-state index is 13.8. The van der Waals surface area contributed by atoms with Crippen LogP contribution in [0.1, 0.15) is 49.5 Å². The number of nitrogens with one attached hydrogen (secondary N) is 3. The van der Waals surface area contributed by atoms with Crippen LogP contribution in [-0.4, -0.2) is 77.8 Å². The number of aromatic nitrogens is 2. The number of hydrogen-bond donors (Lipinski definition) is 4. The van der Waals surface area contributed by atoms with Gasteiger partial charge in [0.05, 0.1) is 29.5 Å². The molecule has 13 nitrogen and oxygen atoms in total. The molecule has 0 saturated carbocycles. The average molecular weight is 637 g/mol. The van der Waals surface area contributed by atoms with Crippen molar-refractivity contribution in [3.8, 4) is 0 Å². The predicted octanol–water partition coefficient (Wildman–Crippen LogP) is 5.43. The Kier molecular flexibility index (Phi) is 10.1. The topological polar surface area (TPSA) is 168 Å². The van der Waals surface area contributed by atoms with Crippen molar-refractivity contribution in [2.24, 2.45) is 5.92 Å². The summed E-state index contributed by atoms with van der Waals surface area (Å²) in [7, 11) is 1.59. The standard InChI is InChI=1S/C29H35F3N6O7/c1-28(2,3)45-27(42)37-25-22(23-21(44-25)10-16(12-34-23)6-5-9-43-4)24(39)36-19-13-33-8-7-20(19)38-14-17(29(30,31)32)11-18(15-38)35-26(40)41/h7-8,10,12-13,17-18,35H,5-6,9,11,14-15H2,1-4H3,(H,36,39)(H,37,42)(H,40,41)/t17-,18+/m1/s1. The third-order valence-corrected chi connectivity index (χ3v) is 6.87. The van der Waals surface area contributed by atoms with Gasteiger partial charge < -0.3 is 34.5 Å². The zero-order valence-corrected chi connectivity index (χ0v) is 25.2. The average Bonchev–Trinajstić information content (AvgIpc) is 3.28. The van der Waals surface area contributed by atoms with Crippen LogP contribution in [0.4, 0.5) is 40.0 Å². The van der Waals surface area contributed by atoms with E-state index < -0.39 is 54.8 Å². The van der Waals surface area contributed by atoms with Crippen molar-refractivity contribution in [1.82, 2.24) is 15.3 Å². The van der Waals surface area contributed by atoms with Gasteiger partial charge in [0.1, 0.15) is 16.7 Å². The molecule has 0 unspecified atom stereocenters. The number of halogens is 3. The molecule has 16 heteroatoms. The van der Waals surface area contributed by atoms with E-state index in [0.717, 1.165) is 5.56 Å². The van der Waals surface area contributed by atoms with Crippen LogP contribution in [-0.2, 0) is 15.9 Å². The summed E-state index contributed by atoms with van der Waals surface area (Å²) >= 11 is 0. The number of piperidine rings is 1. The largest absolute Gasteiger partial charge is 0.465 e. The summed E-state index contributed by atoms with van der Waals surface area (Å²) in [6, 6.07) is 2.08. The van der Waals surface area contributed by atoms with Crippen molar-refractivity contribution < 1.29 is 46.6 Å². The highest BCUT2D eigenvalue weighted by atomic mass is 19.4. The molecule has 45 heavy (non-hydrogen) atoms. The Balaban J connectivity index is 1.68. The van der Waals surface area contributed by atoms with E-state index in [1.54, 1.807) is 40.1 Å². The van der Waals surface area contributed by atoms with Gasteiger partial charge in [0, 0.05) is 39.2 Å². The number of anilines is 3. The maximum absolute atomic E-state index is 13.8. The molecule has 1 aliphatic rings. The Morgan fingerprint density at radius 3 is 2.58 bits per heavy atom. The van der Waals surface area contributed by atoms with Crippen molar-refractivity contribution in [1.29, 1.82) is 0 Å². The third kappa shape index (κ3) is 8.74. The fourth-order valence-electron chi connectivity index (χ4n) is 5.03. The number of aryl methyl sites for hydroxylation is 1. The molecule has 2 atom stereocenters. The van der Waals surface area contributed by atoms with Gasteiger partial charge in [-0.3, -0.25) is 20.1 Å². The number of fused-ring (bicyclic) bond motifs is 1. The van der Waals surface area contributed by atoms with Crippen LogP contribution in [0.3, 0.4) is 0 Å². The molecule has 0 aliphatic carbocycles. The summed E-state index contributed by atoms with van der Waals surface area (Å²) in [6.07, 6.45) is -1.86. The number of nitrogens with zero attached hydrogens (tertiary/aromatic N) is 3. The number of ether oxygens (including phenoxy) is 2. The summed E-state index contributed by atoms with van der Waals surface area (Å²) < 4.78 is 57.7. The Labute approximate surface area is 256 Å². The zero-order valence-electron chi connectivity index (χ0n) is 25.2. The molecule has 4 N–H and O–H groups in total. The lowest BCUT2D eigenvalue weighted by Crippen LogP contribution is -2.53. The molecular formula is C29H35F3N6O7. The van der Waals surface area contributed by atoms with E-state index in [1.807, 2.05) is 0 Å². The molecule has 1 aliphatic heterocycles. The number of alkyl halides is 3. The second kappa shape index (κ2) is 13.6. The van der Waals surface area contributed by atoms with E-state index in [9.17, 15) is 27.6 Å². The van der Waals surface area contributed by atoms with Gasteiger partial charge in [0.15, 0.2) is 5.58 Å². The second-order valence-electron chi connectivity index (χ2n) is 11.6. The van der Waals surface area contributed by atoms with Crippen LogP contribution >= 0.6 is 0 Å². The van der Waals surface area contributed by atoms with Gasteiger partial charge in [-0.05, 0) is 57.7 Å². The molecule has 0 bridgehead atoms. The van der Waals surface area contributed by atoms with Gasteiger partial charge in [0.25, 0.3) is 5.91 Å². The smallest absolute Gasteiger partial charge is 0.414 e. The van der Waals surface area contributed by atoms with Crippen LogP contribution in [0.2, 0.25) is 0 Å². The number of carboxylic acid groups (broad SMARTS) is 1. The first-order valence-corrected chi connectivity index (χ1v) is 14.1. The number of hydrogen-bond acceptors (Lipinski definition) is 9. The zero-order chi connectivity index (χ0) is 32.9. The fraction of sp³-hybridized carbons (Fsp3) is 0.483. The van der Waals surface area contributed by atoms with E-state index in [0.29, 0.717) is 19.4 Å². The first kappa shape index (κ1) is 33.3. The van der Waals surface area contributed by atoms with Crippen LogP contribution in [0.25, 0.3) is 11.1 Å². The van der Waals surface area contributed by atoms with E-state index >= 15 is 0 Å². The minimum absolute atomic E-state index is 0.0492. The first-order chi connectivity index (χ1) is 21.1. The van der Waals surface area contributed by atoms with Crippen LogP contribution in [0.5, 0.6) is 0 Å². The predicted molar refractivity (Wildman–Crippen MR) is 158 cm³/mol. The lowest BCUT2D eigenvalue weighted by molar-refractivity contribution is -0.177. The fourth-order valence-corrected chi connectivity index (χ4v) is 5.03. The van der Waals surface area contributed by atoms with Crippen molar-refractivity contribution >= 4 is 46.5 Å². The lowest BCUT2D eigenvalue weighted by atomic mass is 9.93. The minimum Gasteiger partial charge on any atom is -0.465 e. The van der Waals surface area contributed by atoms with Crippen LogP contribution < -0.4 is 20.9 Å². The van der Waals surface area contributed by atoms with E-state index in [4.69, 9.17) is 19.0 Å². The second-order valence-corrected chi connectivity index (χ2v) is 11.6. The quantitative estimate of drug-likeness (QED) is 0.222. The van der Waals surface area contributed by atoms with Gasteiger partial charge in [-0.2, -0.15) is 13.2 Å². The van der Waals surface area contributed by atoms with Gasteiger partial charge in [0.2, 0.25) is 5.88 Å². The molecule has 0 radical (unpaired) electrons. The molecule has 244 valence electrons. The Morgan fingerprint density at radius 2 is 1.91 bits per heavy atom. The Morgan fingerprint density at radius 1 is 1.16 bits per heavy atom. The first-order valence-electron chi connectivity index (χ1n) is 14.1.